The lowest BCUT2D eigenvalue weighted by Crippen LogP contribution is -2.30. The Morgan fingerprint density at radius 1 is 0.333 bits per heavy atom. The molecule has 0 fully saturated rings. The second kappa shape index (κ2) is 71.2. The van der Waals surface area contributed by atoms with Gasteiger partial charge < -0.3 is 33.8 Å². The van der Waals surface area contributed by atoms with E-state index in [2.05, 4.69) is 65.8 Å². The molecule has 0 heterocycles. The van der Waals surface area contributed by atoms with Crippen molar-refractivity contribution >= 4 is 39.5 Å². The van der Waals surface area contributed by atoms with Crippen LogP contribution in [0.15, 0.2) is 24.3 Å². The summed E-state index contributed by atoms with van der Waals surface area (Å²) in [6.45, 7) is 9.50. The van der Waals surface area contributed by atoms with Crippen LogP contribution >= 0.6 is 15.6 Å². The van der Waals surface area contributed by atoms with Gasteiger partial charge in [-0.25, -0.2) is 9.13 Å². The molecule has 0 amide bonds. The Bertz CT molecular complexity index is 2000. The van der Waals surface area contributed by atoms with Gasteiger partial charge in [0.05, 0.1) is 26.4 Å². The number of unbranched alkanes of at least 4 members (excludes halogenated alkanes) is 43. The summed E-state index contributed by atoms with van der Waals surface area (Å²) in [7, 11) is -9.93. The molecule has 19 heteroatoms. The molecule has 3 N–H and O–H groups in total. The van der Waals surface area contributed by atoms with Crippen LogP contribution in [0.4, 0.5) is 0 Å². The summed E-state index contributed by atoms with van der Waals surface area (Å²) in [5.74, 6) is -0.664. The highest BCUT2D eigenvalue weighted by molar-refractivity contribution is 7.47. The van der Waals surface area contributed by atoms with Crippen molar-refractivity contribution in [2.75, 3.05) is 39.6 Å². The van der Waals surface area contributed by atoms with Gasteiger partial charge in [0, 0.05) is 25.7 Å². The van der Waals surface area contributed by atoms with Gasteiger partial charge in [-0.15, -0.1) is 0 Å². The Labute approximate surface area is 605 Å². The molecule has 0 saturated heterocycles. The molecule has 0 aliphatic heterocycles. The molecule has 17 nitrogen and oxygen atoms in total. The van der Waals surface area contributed by atoms with Crippen molar-refractivity contribution in [2.24, 2.45) is 11.8 Å². The quantitative estimate of drug-likeness (QED) is 0.0169. The lowest BCUT2D eigenvalue weighted by Gasteiger charge is -2.21. The molecule has 6 atom stereocenters. The van der Waals surface area contributed by atoms with Gasteiger partial charge in [0.25, 0.3) is 0 Å². The third kappa shape index (κ3) is 72.3. The maximum absolute atomic E-state index is 13.1. The van der Waals surface area contributed by atoms with Crippen LogP contribution < -0.4 is 0 Å². The molecule has 0 aromatic rings. The zero-order chi connectivity index (χ0) is 72.8. The number of esters is 4. The summed E-state index contributed by atoms with van der Waals surface area (Å²) >= 11 is 0. The first-order valence-electron chi connectivity index (χ1n) is 40.8. The third-order valence-electron chi connectivity index (χ3n) is 18.4. The van der Waals surface area contributed by atoms with E-state index in [1.807, 2.05) is 0 Å². The Kier molecular flexibility index (Phi) is 69.4. The highest BCUT2D eigenvalue weighted by Crippen LogP contribution is 2.45. The van der Waals surface area contributed by atoms with Crippen LogP contribution in [0.25, 0.3) is 0 Å². The van der Waals surface area contributed by atoms with Gasteiger partial charge in [-0.3, -0.25) is 37.3 Å². The zero-order valence-corrected chi connectivity index (χ0v) is 66.1. The van der Waals surface area contributed by atoms with Crippen LogP contribution in [0.3, 0.4) is 0 Å². The lowest BCUT2D eigenvalue weighted by molar-refractivity contribution is -0.161. The number of carbonyl (C=O) groups is 4. The largest absolute Gasteiger partial charge is 0.472 e. The molecule has 0 bridgehead atoms. The van der Waals surface area contributed by atoms with Gasteiger partial charge in [0.2, 0.25) is 0 Å². The first kappa shape index (κ1) is 96.5. The molecule has 0 spiro atoms. The fourth-order valence-corrected chi connectivity index (χ4v) is 13.4. The second-order valence-corrected chi connectivity index (χ2v) is 31.7. The molecule has 584 valence electrons. The maximum atomic E-state index is 13.1. The Hall–Kier alpha value is -2.46. The first-order valence-corrected chi connectivity index (χ1v) is 43.8. The van der Waals surface area contributed by atoms with E-state index < -0.39 is 97.5 Å². The molecule has 0 saturated carbocycles. The van der Waals surface area contributed by atoms with Crippen LogP contribution in [0.5, 0.6) is 0 Å². The van der Waals surface area contributed by atoms with Gasteiger partial charge >= 0.3 is 39.5 Å². The van der Waals surface area contributed by atoms with Gasteiger partial charge in [-0.2, -0.15) is 0 Å². The van der Waals surface area contributed by atoms with E-state index in [4.69, 9.17) is 37.0 Å². The molecule has 0 aliphatic rings. The second-order valence-electron chi connectivity index (χ2n) is 28.8. The minimum Gasteiger partial charge on any atom is -0.462 e. The molecule has 0 aliphatic carbocycles. The summed E-state index contributed by atoms with van der Waals surface area (Å²) in [5.41, 5.74) is 0. The number of phosphoric acid groups is 2. The van der Waals surface area contributed by atoms with Crippen LogP contribution in [0.2, 0.25) is 0 Å². The molecule has 0 aromatic carbocycles. The standard InChI is InChI=1S/C80H152O17P2/c1-7-10-12-14-16-18-20-22-24-25-26-27-28-29-31-33-35-40-44-52-58-64-79(84)96-75(68-90-77(82)62-56-50-43-39-34-32-30-23-21-19-17-15-13-11-8-2)70-94-98(86,87)92-66-74(81)67-93-99(88,89)95-71-76(69-91-78(83)63-57-51-47-46-49-55-61-73(6)9-3)97-80(85)65-59-53-45-41-37-36-38-42-48-54-60-72(4)5/h19,21,23,30,72-76,81H,7-18,20,22,24-29,31-71H2,1-6H3,(H,86,87)(H,88,89)/b21-19-,30-23-/t73?,74-,75-,76-/m1/s1. The van der Waals surface area contributed by atoms with Gasteiger partial charge in [-0.05, 0) is 63.2 Å². The van der Waals surface area contributed by atoms with Crippen molar-refractivity contribution in [1.29, 1.82) is 0 Å². The van der Waals surface area contributed by atoms with Crippen molar-refractivity contribution in [2.45, 2.75) is 413 Å². The van der Waals surface area contributed by atoms with Crippen molar-refractivity contribution in [3.63, 3.8) is 0 Å². The maximum Gasteiger partial charge on any atom is 0.472 e. The first-order chi connectivity index (χ1) is 47.9. The molecular weight excluding hydrogens is 1290 g/mol. The van der Waals surface area contributed by atoms with Gasteiger partial charge in [0.1, 0.15) is 19.3 Å². The predicted octanol–water partition coefficient (Wildman–Crippen LogP) is 23.4. The topological polar surface area (TPSA) is 237 Å². The number of phosphoric ester groups is 2. The number of carbonyl (C=O) groups excluding carboxylic acids is 4. The van der Waals surface area contributed by atoms with Crippen molar-refractivity contribution in [1.82, 2.24) is 0 Å². The Balaban J connectivity index is 5.25. The van der Waals surface area contributed by atoms with Crippen molar-refractivity contribution in [3.05, 3.63) is 24.3 Å². The molecular formula is C80H152O17P2. The van der Waals surface area contributed by atoms with E-state index in [0.29, 0.717) is 25.7 Å². The van der Waals surface area contributed by atoms with E-state index in [-0.39, 0.29) is 25.7 Å². The minimum atomic E-state index is -4.97. The summed E-state index contributed by atoms with van der Waals surface area (Å²) in [6.07, 6.45) is 63.4. The van der Waals surface area contributed by atoms with Crippen LogP contribution in [-0.2, 0) is 65.4 Å². The highest BCUT2D eigenvalue weighted by atomic mass is 31.2. The number of aliphatic hydroxyl groups is 1. The van der Waals surface area contributed by atoms with Crippen molar-refractivity contribution in [3.8, 4) is 0 Å². The van der Waals surface area contributed by atoms with E-state index in [9.17, 15) is 43.2 Å². The van der Waals surface area contributed by atoms with E-state index >= 15 is 0 Å². The Morgan fingerprint density at radius 3 is 0.909 bits per heavy atom. The lowest BCUT2D eigenvalue weighted by atomic mass is 10.00. The number of hydrogen-bond acceptors (Lipinski definition) is 15. The van der Waals surface area contributed by atoms with Crippen LogP contribution in [0, 0.1) is 11.8 Å². The summed E-state index contributed by atoms with van der Waals surface area (Å²) < 4.78 is 68.6. The van der Waals surface area contributed by atoms with E-state index in [0.717, 1.165) is 127 Å². The number of hydrogen-bond donors (Lipinski definition) is 3. The van der Waals surface area contributed by atoms with E-state index in [1.165, 1.54) is 186 Å². The fourth-order valence-electron chi connectivity index (χ4n) is 11.8. The van der Waals surface area contributed by atoms with Gasteiger partial charge in [0.15, 0.2) is 12.2 Å². The zero-order valence-electron chi connectivity index (χ0n) is 64.3. The molecule has 99 heavy (non-hydrogen) atoms. The molecule has 0 radical (unpaired) electrons. The van der Waals surface area contributed by atoms with Crippen molar-refractivity contribution < 1.29 is 80.2 Å². The molecule has 0 rings (SSSR count). The fraction of sp³-hybridized carbons (Fsp3) is 0.900. The number of aliphatic hydroxyl groups excluding tert-OH is 1. The number of ether oxygens (including phenoxy) is 4. The average Bonchev–Trinajstić information content (AvgIpc) is 1.79. The smallest absolute Gasteiger partial charge is 0.462 e. The average molecular weight is 1450 g/mol. The highest BCUT2D eigenvalue weighted by Gasteiger charge is 2.30. The summed E-state index contributed by atoms with van der Waals surface area (Å²) in [5, 5.41) is 10.6. The summed E-state index contributed by atoms with van der Waals surface area (Å²) in [4.78, 5) is 72.9. The molecule has 3 unspecified atom stereocenters. The number of rotatable bonds is 77. The van der Waals surface area contributed by atoms with Crippen LogP contribution in [-0.4, -0.2) is 96.7 Å². The van der Waals surface area contributed by atoms with E-state index in [1.54, 1.807) is 0 Å². The van der Waals surface area contributed by atoms with Crippen LogP contribution in [0.1, 0.15) is 395 Å². The minimum absolute atomic E-state index is 0.102. The normalized spacial score (nSPS) is 14.4. The molecule has 0 aromatic heterocycles. The monoisotopic (exact) mass is 1450 g/mol. The summed E-state index contributed by atoms with van der Waals surface area (Å²) in [6, 6.07) is 0. The van der Waals surface area contributed by atoms with Gasteiger partial charge in [-0.1, -0.05) is 342 Å². The SMILES string of the molecule is CCCCCC/C=C\C=C/CCCCCCCC(=O)OC[C@H](COP(=O)(O)OC[C@@H](O)COP(=O)(O)OC[C@@H](COC(=O)CCCCCCCCC(C)CC)OC(=O)CCCCCCCCCCCCC(C)C)OC(=O)CCCCCCCCCCCCCCCCCCCCCCC. The number of allylic oxidation sites excluding steroid dienone is 4. The predicted molar refractivity (Wildman–Crippen MR) is 404 cm³/mol. The Morgan fingerprint density at radius 2 is 0.596 bits per heavy atom. The third-order valence-corrected chi connectivity index (χ3v) is 20.3.